The molecule has 0 saturated heterocycles. The van der Waals surface area contributed by atoms with E-state index in [1.807, 2.05) is 22.8 Å². The predicted molar refractivity (Wildman–Crippen MR) is 79.5 cm³/mol. The van der Waals surface area contributed by atoms with Crippen LogP contribution in [0.25, 0.3) is 16.7 Å². The molecular formula is C16H16FN3. The molecule has 3 nitrogen and oxygen atoms in total. The predicted octanol–water partition coefficient (Wildman–Crippen LogP) is 3.87. The Bertz CT molecular complexity index is 774. The Morgan fingerprint density at radius 2 is 1.90 bits per heavy atom. The molecule has 2 N–H and O–H groups in total. The molecule has 0 aliphatic carbocycles. The highest BCUT2D eigenvalue weighted by molar-refractivity contribution is 5.81. The number of rotatable bonds is 2. The summed E-state index contributed by atoms with van der Waals surface area (Å²) in [5.41, 5.74) is 9.60. The van der Waals surface area contributed by atoms with E-state index >= 15 is 0 Å². The van der Waals surface area contributed by atoms with Crippen molar-refractivity contribution in [3.05, 3.63) is 53.8 Å². The van der Waals surface area contributed by atoms with Crippen LogP contribution in [0.3, 0.4) is 0 Å². The molecule has 0 fully saturated rings. The van der Waals surface area contributed by atoms with Crippen molar-refractivity contribution in [1.29, 1.82) is 0 Å². The van der Waals surface area contributed by atoms with Crippen LogP contribution in [-0.2, 0) is 0 Å². The second-order valence-corrected chi connectivity index (χ2v) is 5.15. The number of nitrogens with zero attached hydrogens (tertiary/aromatic N) is 2. The van der Waals surface area contributed by atoms with Gasteiger partial charge in [-0.15, -0.1) is 0 Å². The first kappa shape index (κ1) is 12.7. The normalized spacial score (nSPS) is 11.4. The van der Waals surface area contributed by atoms with Crippen molar-refractivity contribution in [2.24, 2.45) is 0 Å². The van der Waals surface area contributed by atoms with Crippen molar-refractivity contribution in [2.45, 2.75) is 19.8 Å². The third-order valence-electron chi connectivity index (χ3n) is 3.44. The molecule has 3 aromatic rings. The van der Waals surface area contributed by atoms with E-state index < -0.39 is 0 Å². The Labute approximate surface area is 116 Å². The van der Waals surface area contributed by atoms with Crippen molar-refractivity contribution in [1.82, 2.24) is 9.55 Å². The molecule has 0 bridgehead atoms. The van der Waals surface area contributed by atoms with E-state index in [9.17, 15) is 4.39 Å². The Kier molecular flexibility index (Phi) is 2.93. The minimum Gasteiger partial charge on any atom is -0.369 e. The van der Waals surface area contributed by atoms with Gasteiger partial charge in [0.1, 0.15) is 5.82 Å². The number of nitrogens with two attached hydrogens (primary N) is 1. The summed E-state index contributed by atoms with van der Waals surface area (Å²) in [4.78, 5) is 4.25. The number of nitrogen functional groups attached to an aromatic ring is 1. The van der Waals surface area contributed by atoms with Gasteiger partial charge in [-0.1, -0.05) is 32.0 Å². The first-order valence-corrected chi connectivity index (χ1v) is 6.60. The summed E-state index contributed by atoms with van der Waals surface area (Å²) in [5, 5.41) is 0. The Balaban J connectivity index is 2.33. The largest absolute Gasteiger partial charge is 0.369 e. The highest BCUT2D eigenvalue weighted by Gasteiger charge is 2.14. The third-order valence-corrected chi connectivity index (χ3v) is 3.44. The maximum atomic E-state index is 13.3. The van der Waals surface area contributed by atoms with Gasteiger partial charge < -0.3 is 5.73 Å². The van der Waals surface area contributed by atoms with Gasteiger partial charge in [-0.2, -0.15) is 0 Å². The zero-order valence-corrected chi connectivity index (χ0v) is 11.5. The van der Waals surface area contributed by atoms with E-state index in [0.717, 1.165) is 11.2 Å². The van der Waals surface area contributed by atoms with E-state index in [1.165, 1.54) is 17.7 Å². The highest BCUT2D eigenvalue weighted by Crippen LogP contribution is 2.29. The van der Waals surface area contributed by atoms with Gasteiger partial charge in [-0.25, -0.2) is 9.37 Å². The summed E-state index contributed by atoms with van der Waals surface area (Å²) in [6.45, 7) is 4.27. The van der Waals surface area contributed by atoms with Gasteiger partial charge in [0.25, 0.3) is 0 Å². The number of benzene rings is 2. The van der Waals surface area contributed by atoms with E-state index in [4.69, 9.17) is 5.73 Å². The molecule has 0 amide bonds. The Morgan fingerprint density at radius 3 is 2.65 bits per heavy atom. The zero-order chi connectivity index (χ0) is 14.3. The quantitative estimate of drug-likeness (QED) is 0.767. The molecule has 0 saturated carbocycles. The summed E-state index contributed by atoms with van der Waals surface area (Å²) in [6.07, 6.45) is 0. The maximum Gasteiger partial charge on any atom is 0.205 e. The molecule has 1 aromatic heterocycles. The first-order valence-electron chi connectivity index (χ1n) is 6.60. The summed E-state index contributed by atoms with van der Waals surface area (Å²) >= 11 is 0. The summed E-state index contributed by atoms with van der Waals surface area (Å²) < 4.78 is 15.2. The molecule has 1 heterocycles. The van der Waals surface area contributed by atoms with Crippen molar-refractivity contribution >= 4 is 17.0 Å². The van der Waals surface area contributed by atoms with Gasteiger partial charge in [0.2, 0.25) is 5.95 Å². The zero-order valence-electron chi connectivity index (χ0n) is 11.5. The number of imidazole rings is 1. The number of fused-ring (bicyclic) bond motifs is 1. The number of para-hydroxylation sites is 1. The van der Waals surface area contributed by atoms with E-state index in [1.54, 1.807) is 6.07 Å². The van der Waals surface area contributed by atoms with Gasteiger partial charge >= 0.3 is 0 Å². The molecule has 0 atom stereocenters. The average molecular weight is 269 g/mol. The standard InChI is InChI=1S/C16H16FN3/c1-10(2)12-5-3-4-6-14(12)20-15-8-7-11(17)9-13(15)19-16(20)18/h3-10H,1-2H3,(H2,18,19). The fourth-order valence-corrected chi connectivity index (χ4v) is 2.50. The lowest BCUT2D eigenvalue weighted by Gasteiger charge is -2.15. The van der Waals surface area contributed by atoms with Crippen LogP contribution < -0.4 is 5.73 Å². The monoisotopic (exact) mass is 269 g/mol. The fraction of sp³-hybridized carbons (Fsp3) is 0.188. The second-order valence-electron chi connectivity index (χ2n) is 5.15. The number of hydrogen-bond acceptors (Lipinski definition) is 2. The van der Waals surface area contributed by atoms with E-state index in [0.29, 0.717) is 17.4 Å². The van der Waals surface area contributed by atoms with Crippen LogP contribution in [0.2, 0.25) is 0 Å². The molecule has 0 aliphatic rings. The van der Waals surface area contributed by atoms with Gasteiger partial charge in [0, 0.05) is 6.07 Å². The molecule has 102 valence electrons. The van der Waals surface area contributed by atoms with Crippen LogP contribution in [0.4, 0.5) is 10.3 Å². The lowest BCUT2D eigenvalue weighted by atomic mass is 10.0. The number of hydrogen-bond donors (Lipinski definition) is 1. The lowest BCUT2D eigenvalue weighted by Crippen LogP contribution is -2.04. The minimum absolute atomic E-state index is 0.306. The molecule has 4 heteroatoms. The van der Waals surface area contributed by atoms with Crippen molar-refractivity contribution in [3.63, 3.8) is 0 Å². The highest BCUT2D eigenvalue weighted by atomic mass is 19.1. The van der Waals surface area contributed by atoms with Crippen LogP contribution in [0.1, 0.15) is 25.3 Å². The SMILES string of the molecule is CC(C)c1ccccc1-n1c(N)nc2cc(F)ccc21. The minimum atomic E-state index is -0.306. The Morgan fingerprint density at radius 1 is 1.15 bits per heavy atom. The number of halogens is 1. The second kappa shape index (κ2) is 4.63. The molecule has 0 aliphatic heterocycles. The van der Waals surface area contributed by atoms with Gasteiger partial charge in [-0.05, 0) is 29.7 Å². The topological polar surface area (TPSA) is 43.8 Å². The molecule has 0 spiro atoms. The smallest absolute Gasteiger partial charge is 0.205 e. The van der Waals surface area contributed by atoms with Crippen LogP contribution in [0, 0.1) is 5.82 Å². The summed E-state index contributed by atoms with van der Waals surface area (Å²) in [5.74, 6) is 0.432. The Hall–Kier alpha value is -2.36. The summed E-state index contributed by atoms with van der Waals surface area (Å²) in [7, 11) is 0. The van der Waals surface area contributed by atoms with Gasteiger partial charge in [-0.3, -0.25) is 4.57 Å². The van der Waals surface area contributed by atoms with E-state index in [2.05, 4.69) is 24.9 Å². The number of anilines is 1. The van der Waals surface area contributed by atoms with Gasteiger partial charge in [0.05, 0.1) is 16.7 Å². The van der Waals surface area contributed by atoms with Crippen molar-refractivity contribution in [3.8, 4) is 5.69 Å². The molecule has 2 aromatic carbocycles. The van der Waals surface area contributed by atoms with Crippen LogP contribution in [0.5, 0.6) is 0 Å². The first-order chi connectivity index (χ1) is 9.58. The molecular weight excluding hydrogens is 253 g/mol. The van der Waals surface area contributed by atoms with Crippen molar-refractivity contribution in [2.75, 3.05) is 5.73 Å². The summed E-state index contributed by atoms with van der Waals surface area (Å²) in [6, 6.07) is 12.6. The van der Waals surface area contributed by atoms with Crippen LogP contribution in [-0.4, -0.2) is 9.55 Å². The number of aromatic nitrogens is 2. The van der Waals surface area contributed by atoms with Crippen LogP contribution >= 0.6 is 0 Å². The average Bonchev–Trinajstić information content (AvgIpc) is 2.73. The maximum absolute atomic E-state index is 13.3. The lowest BCUT2D eigenvalue weighted by molar-refractivity contribution is 0.629. The van der Waals surface area contributed by atoms with Crippen molar-refractivity contribution < 1.29 is 4.39 Å². The molecule has 0 radical (unpaired) electrons. The fourth-order valence-electron chi connectivity index (χ4n) is 2.50. The molecule has 0 unspecified atom stereocenters. The van der Waals surface area contributed by atoms with Gasteiger partial charge in [0.15, 0.2) is 0 Å². The molecule has 3 rings (SSSR count). The van der Waals surface area contributed by atoms with E-state index in [-0.39, 0.29) is 5.82 Å². The van der Waals surface area contributed by atoms with Crippen LogP contribution in [0.15, 0.2) is 42.5 Å². The molecule has 20 heavy (non-hydrogen) atoms. The third kappa shape index (κ3) is 1.93.